The zero-order valence-corrected chi connectivity index (χ0v) is 16.0. The minimum atomic E-state index is -0.326. The fourth-order valence-electron chi connectivity index (χ4n) is 3.34. The molecule has 0 spiro atoms. The second kappa shape index (κ2) is 6.74. The first-order chi connectivity index (χ1) is 11.7. The van der Waals surface area contributed by atoms with Gasteiger partial charge in [-0.1, -0.05) is 18.2 Å². The zero-order valence-electron chi connectivity index (χ0n) is 16.0. The lowest BCUT2D eigenvalue weighted by molar-refractivity contribution is -0.121. The summed E-state index contributed by atoms with van der Waals surface area (Å²) >= 11 is 0. The topological polar surface area (TPSA) is 50.8 Å². The van der Waals surface area contributed by atoms with Crippen molar-refractivity contribution in [1.82, 2.24) is 10.2 Å². The van der Waals surface area contributed by atoms with Gasteiger partial charge in [0.25, 0.3) is 0 Å². The van der Waals surface area contributed by atoms with E-state index in [9.17, 15) is 4.79 Å². The fraction of sp³-hybridized carbons (Fsp3) is 0.632. The zero-order chi connectivity index (χ0) is 18.2. The van der Waals surface area contributed by atoms with E-state index >= 15 is 0 Å². The highest BCUT2D eigenvalue weighted by Crippen LogP contribution is 2.36. The molecule has 6 heteroatoms. The third-order valence-corrected chi connectivity index (χ3v) is 5.78. The van der Waals surface area contributed by atoms with Crippen LogP contribution in [0.4, 0.5) is 0 Å². The molecular weight excluding hydrogens is 315 g/mol. The van der Waals surface area contributed by atoms with Gasteiger partial charge in [0.2, 0.25) is 5.91 Å². The summed E-state index contributed by atoms with van der Waals surface area (Å²) in [5.74, 6) is 0.0942. The molecule has 1 aromatic carbocycles. The second-order valence-corrected chi connectivity index (χ2v) is 8.07. The molecule has 5 nitrogen and oxygen atoms in total. The first kappa shape index (κ1) is 18.4. The minimum absolute atomic E-state index is 0.0942. The number of nitrogens with one attached hydrogen (secondary N) is 1. The van der Waals surface area contributed by atoms with Gasteiger partial charge in [-0.2, -0.15) is 0 Å². The molecule has 2 heterocycles. The molecule has 1 saturated heterocycles. The smallest absolute Gasteiger partial charge is 0.399 e. The predicted molar refractivity (Wildman–Crippen MR) is 99.8 cm³/mol. The van der Waals surface area contributed by atoms with Crippen molar-refractivity contribution in [3.8, 4) is 0 Å². The van der Waals surface area contributed by atoms with Gasteiger partial charge in [-0.3, -0.25) is 9.69 Å². The Labute approximate surface area is 151 Å². The summed E-state index contributed by atoms with van der Waals surface area (Å²) in [4.78, 5) is 13.8. The van der Waals surface area contributed by atoms with E-state index in [1.807, 2.05) is 0 Å². The van der Waals surface area contributed by atoms with Gasteiger partial charge in [-0.25, -0.2) is 0 Å². The van der Waals surface area contributed by atoms with Gasteiger partial charge in [0.1, 0.15) is 0 Å². The van der Waals surface area contributed by atoms with Crippen molar-refractivity contribution >= 4 is 18.5 Å². The molecule has 0 aliphatic carbocycles. The van der Waals surface area contributed by atoms with Crippen molar-refractivity contribution in [2.24, 2.45) is 0 Å². The van der Waals surface area contributed by atoms with Gasteiger partial charge in [-0.15, -0.1) is 0 Å². The van der Waals surface area contributed by atoms with Crippen LogP contribution in [0, 0.1) is 0 Å². The van der Waals surface area contributed by atoms with Gasteiger partial charge >= 0.3 is 7.12 Å². The van der Waals surface area contributed by atoms with Crippen molar-refractivity contribution in [2.45, 2.75) is 58.3 Å². The molecule has 0 bridgehead atoms. The molecular formula is C19H29BN2O3. The molecule has 25 heavy (non-hydrogen) atoms. The minimum Gasteiger partial charge on any atom is -0.399 e. The van der Waals surface area contributed by atoms with Crippen molar-refractivity contribution in [3.05, 3.63) is 29.3 Å². The number of hydrogen-bond acceptors (Lipinski definition) is 4. The van der Waals surface area contributed by atoms with Gasteiger partial charge in [0, 0.05) is 33.1 Å². The van der Waals surface area contributed by atoms with Crippen LogP contribution in [-0.2, 0) is 27.1 Å². The van der Waals surface area contributed by atoms with Crippen molar-refractivity contribution in [2.75, 3.05) is 20.1 Å². The van der Waals surface area contributed by atoms with E-state index in [1.54, 1.807) is 7.05 Å². The van der Waals surface area contributed by atoms with Crippen LogP contribution in [0.25, 0.3) is 0 Å². The van der Waals surface area contributed by atoms with E-state index in [4.69, 9.17) is 9.31 Å². The van der Waals surface area contributed by atoms with Crippen LogP contribution in [0.5, 0.6) is 0 Å². The summed E-state index contributed by atoms with van der Waals surface area (Å²) in [6, 6.07) is 6.54. The number of carbonyl (C=O) groups excluding carboxylic acids is 1. The van der Waals surface area contributed by atoms with Crippen LogP contribution >= 0.6 is 0 Å². The average Bonchev–Trinajstić information content (AvgIpc) is 2.79. The first-order valence-electron chi connectivity index (χ1n) is 9.12. The number of rotatable bonds is 4. The largest absolute Gasteiger partial charge is 0.494 e. The Morgan fingerprint density at radius 1 is 1.20 bits per heavy atom. The fourth-order valence-corrected chi connectivity index (χ4v) is 3.34. The predicted octanol–water partition coefficient (Wildman–Crippen LogP) is 1.48. The Morgan fingerprint density at radius 2 is 1.88 bits per heavy atom. The van der Waals surface area contributed by atoms with E-state index in [0.717, 1.165) is 31.5 Å². The molecule has 0 aromatic heterocycles. The number of fused-ring (bicyclic) bond motifs is 1. The maximum absolute atomic E-state index is 11.5. The molecule has 2 aliphatic rings. The average molecular weight is 344 g/mol. The Hall–Kier alpha value is -1.37. The Morgan fingerprint density at radius 3 is 2.52 bits per heavy atom. The molecule has 0 saturated carbocycles. The maximum Gasteiger partial charge on any atom is 0.494 e. The van der Waals surface area contributed by atoms with Gasteiger partial charge in [0.05, 0.1) is 11.2 Å². The SMILES string of the molecule is CNC(=O)CCN1CCc2ccc(B3OC(C)(C)C(C)(C)O3)cc2C1. The third-order valence-electron chi connectivity index (χ3n) is 5.78. The highest BCUT2D eigenvalue weighted by Gasteiger charge is 2.51. The van der Waals surface area contributed by atoms with Crippen LogP contribution in [0.15, 0.2) is 18.2 Å². The van der Waals surface area contributed by atoms with Gasteiger partial charge in [0.15, 0.2) is 0 Å². The normalized spacial score (nSPS) is 21.9. The highest BCUT2D eigenvalue weighted by molar-refractivity contribution is 6.62. The van der Waals surface area contributed by atoms with E-state index in [-0.39, 0.29) is 24.2 Å². The molecule has 136 valence electrons. The summed E-state index contributed by atoms with van der Waals surface area (Å²) in [6.07, 6.45) is 1.56. The summed E-state index contributed by atoms with van der Waals surface area (Å²) < 4.78 is 12.3. The second-order valence-electron chi connectivity index (χ2n) is 8.07. The number of amides is 1. The molecule has 1 aromatic rings. The molecule has 1 amide bonds. The first-order valence-corrected chi connectivity index (χ1v) is 9.12. The lowest BCUT2D eigenvalue weighted by Crippen LogP contribution is -2.41. The number of benzene rings is 1. The van der Waals surface area contributed by atoms with Crippen LogP contribution in [0.3, 0.4) is 0 Å². The molecule has 0 unspecified atom stereocenters. The Balaban J connectivity index is 1.71. The van der Waals surface area contributed by atoms with E-state index < -0.39 is 0 Å². The van der Waals surface area contributed by atoms with Crippen LogP contribution in [0.1, 0.15) is 45.2 Å². The van der Waals surface area contributed by atoms with Crippen molar-refractivity contribution < 1.29 is 14.1 Å². The van der Waals surface area contributed by atoms with Crippen LogP contribution in [-0.4, -0.2) is 49.3 Å². The lowest BCUT2D eigenvalue weighted by atomic mass is 9.77. The summed E-state index contributed by atoms with van der Waals surface area (Å²) in [5.41, 5.74) is 3.12. The number of nitrogens with zero attached hydrogens (tertiary/aromatic N) is 1. The monoisotopic (exact) mass is 344 g/mol. The lowest BCUT2D eigenvalue weighted by Gasteiger charge is -2.32. The Kier molecular flexibility index (Phi) is 4.97. The summed E-state index contributed by atoms with van der Waals surface area (Å²) in [5, 5.41) is 2.69. The van der Waals surface area contributed by atoms with E-state index in [2.05, 4.69) is 56.1 Å². The van der Waals surface area contributed by atoms with Crippen LogP contribution in [0.2, 0.25) is 0 Å². The maximum atomic E-state index is 11.5. The van der Waals surface area contributed by atoms with Gasteiger partial charge < -0.3 is 14.6 Å². The molecule has 3 rings (SSSR count). The number of carbonyl (C=O) groups is 1. The molecule has 1 fully saturated rings. The molecule has 2 aliphatic heterocycles. The van der Waals surface area contributed by atoms with Crippen molar-refractivity contribution in [3.63, 3.8) is 0 Å². The third kappa shape index (κ3) is 3.76. The Bertz CT molecular complexity index is 644. The highest BCUT2D eigenvalue weighted by atomic mass is 16.7. The van der Waals surface area contributed by atoms with E-state index in [0.29, 0.717) is 6.42 Å². The number of hydrogen-bond donors (Lipinski definition) is 1. The molecule has 0 radical (unpaired) electrons. The van der Waals surface area contributed by atoms with Crippen LogP contribution < -0.4 is 10.8 Å². The van der Waals surface area contributed by atoms with Gasteiger partial charge in [-0.05, 0) is 50.7 Å². The molecule has 0 atom stereocenters. The quantitative estimate of drug-likeness (QED) is 0.841. The van der Waals surface area contributed by atoms with Crippen molar-refractivity contribution in [1.29, 1.82) is 0 Å². The summed E-state index contributed by atoms with van der Waals surface area (Å²) in [7, 11) is 1.36. The van der Waals surface area contributed by atoms with E-state index in [1.165, 1.54) is 11.1 Å². The summed E-state index contributed by atoms with van der Waals surface area (Å²) in [6.45, 7) is 11.0. The standard InChI is InChI=1S/C19H29BN2O3/c1-18(2)19(3,4)25-20(24-18)16-7-6-14-8-10-22(13-15(14)12-16)11-9-17(23)21-5/h6-7,12H,8-11,13H2,1-5H3,(H,21,23). The molecule has 1 N–H and O–H groups in total.